The van der Waals surface area contributed by atoms with E-state index in [9.17, 15) is 13.2 Å². The van der Waals surface area contributed by atoms with E-state index in [0.717, 1.165) is 12.8 Å². The number of carbonyl (C=O) groups is 1. The molecular weight excluding hydrogens is 264 g/mol. The van der Waals surface area contributed by atoms with E-state index >= 15 is 0 Å². The van der Waals surface area contributed by atoms with Gasteiger partial charge in [0, 0.05) is 25.2 Å². The zero-order valence-electron chi connectivity index (χ0n) is 11.1. The summed E-state index contributed by atoms with van der Waals surface area (Å²) in [5.41, 5.74) is 0.598. The molecule has 104 valence electrons. The summed E-state index contributed by atoms with van der Waals surface area (Å²) in [7, 11) is -3.41. The minimum Gasteiger partial charge on any atom is -0.326 e. The second kappa shape index (κ2) is 5.30. The molecule has 1 saturated carbocycles. The second-order valence-electron chi connectivity index (χ2n) is 4.65. The van der Waals surface area contributed by atoms with Gasteiger partial charge >= 0.3 is 0 Å². The van der Waals surface area contributed by atoms with Gasteiger partial charge in [0.15, 0.2) is 0 Å². The zero-order valence-corrected chi connectivity index (χ0v) is 11.9. The van der Waals surface area contributed by atoms with E-state index in [2.05, 4.69) is 5.32 Å². The number of benzene rings is 1. The second-order valence-corrected chi connectivity index (χ2v) is 6.54. The van der Waals surface area contributed by atoms with Crippen molar-refractivity contribution in [3.05, 3.63) is 24.3 Å². The Morgan fingerprint density at radius 2 is 1.89 bits per heavy atom. The lowest BCUT2D eigenvalue weighted by molar-refractivity contribution is -0.114. The molecule has 6 heteroatoms. The van der Waals surface area contributed by atoms with Crippen molar-refractivity contribution in [3.8, 4) is 0 Å². The molecular formula is C13H18N2O3S. The molecule has 1 aromatic rings. The molecule has 0 saturated heterocycles. The quantitative estimate of drug-likeness (QED) is 0.895. The van der Waals surface area contributed by atoms with E-state index in [0.29, 0.717) is 12.2 Å². The summed E-state index contributed by atoms with van der Waals surface area (Å²) in [5.74, 6) is -0.177. The Hall–Kier alpha value is -1.40. The van der Waals surface area contributed by atoms with Crippen LogP contribution in [0.2, 0.25) is 0 Å². The lowest BCUT2D eigenvalue weighted by Gasteiger charge is -2.20. The van der Waals surface area contributed by atoms with Gasteiger partial charge in [0.2, 0.25) is 15.9 Å². The predicted octanol–water partition coefficient (Wildman–Crippen LogP) is 1.82. The highest BCUT2D eigenvalue weighted by Gasteiger charge is 2.36. The third kappa shape index (κ3) is 3.13. The van der Waals surface area contributed by atoms with Gasteiger partial charge in [0.25, 0.3) is 0 Å². The molecule has 0 radical (unpaired) electrons. The van der Waals surface area contributed by atoms with Crippen LogP contribution in [0.3, 0.4) is 0 Å². The van der Waals surface area contributed by atoms with Gasteiger partial charge in [-0.2, -0.15) is 4.31 Å². The van der Waals surface area contributed by atoms with Gasteiger partial charge in [-0.25, -0.2) is 8.42 Å². The number of hydrogen-bond donors (Lipinski definition) is 1. The molecule has 19 heavy (non-hydrogen) atoms. The van der Waals surface area contributed by atoms with Crippen LogP contribution in [0.4, 0.5) is 5.69 Å². The first-order valence-corrected chi connectivity index (χ1v) is 7.78. The maximum atomic E-state index is 12.4. The van der Waals surface area contributed by atoms with Crippen molar-refractivity contribution in [2.24, 2.45) is 0 Å². The average molecular weight is 282 g/mol. The molecule has 0 spiro atoms. The molecule has 1 N–H and O–H groups in total. The fraction of sp³-hybridized carbons (Fsp3) is 0.462. The van der Waals surface area contributed by atoms with E-state index in [-0.39, 0.29) is 16.8 Å². The summed E-state index contributed by atoms with van der Waals surface area (Å²) < 4.78 is 26.4. The molecule has 5 nitrogen and oxygen atoms in total. The molecule has 0 aliphatic heterocycles. The maximum absolute atomic E-state index is 12.4. The fourth-order valence-electron chi connectivity index (χ4n) is 2.04. The van der Waals surface area contributed by atoms with Gasteiger partial charge in [0.05, 0.1) is 4.90 Å². The summed E-state index contributed by atoms with van der Waals surface area (Å²) in [6.07, 6.45) is 1.88. The van der Waals surface area contributed by atoms with Crippen molar-refractivity contribution in [2.45, 2.75) is 37.6 Å². The van der Waals surface area contributed by atoms with E-state index < -0.39 is 10.0 Å². The molecule has 2 rings (SSSR count). The SMILES string of the molecule is CCN(C1CC1)S(=O)(=O)c1ccc(NC(C)=O)cc1. The molecule has 1 aromatic carbocycles. The van der Waals surface area contributed by atoms with Crippen molar-refractivity contribution in [1.29, 1.82) is 0 Å². The summed E-state index contributed by atoms with van der Waals surface area (Å²) in [5, 5.41) is 2.61. The Kier molecular flexibility index (Phi) is 3.91. The van der Waals surface area contributed by atoms with Crippen molar-refractivity contribution in [1.82, 2.24) is 4.31 Å². The lowest BCUT2D eigenvalue weighted by Crippen LogP contribution is -2.32. The minimum atomic E-state index is -3.41. The average Bonchev–Trinajstić information content (AvgIpc) is 3.14. The highest BCUT2D eigenvalue weighted by Crippen LogP contribution is 2.31. The van der Waals surface area contributed by atoms with E-state index in [1.165, 1.54) is 19.1 Å². The molecule has 1 fully saturated rings. The topological polar surface area (TPSA) is 66.5 Å². The molecule has 0 atom stereocenters. The Balaban J connectivity index is 2.22. The highest BCUT2D eigenvalue weighted by atomic mass is 32.2. The van der Waals surface area contributed by atoms with Crippen molar-refractivity contribution in [3.63, 3.8) is 0 Å². The molecule has 1 aliphatic carbocycles. The van der Waals surface area contributed by atoms with E-state index in [4.69, 9.17) is 0 Å². The summed E-state index contributed by atoms with van der Waals surface area (Å²) in [4.78, 5) is 11.2. The van der Waals surface area contributed by atoms with Gasteiger partial charge < -0.3 is 5.32 Å². The Morgan fingerprint density at radius 3 is 2.32 bits per heavy atom. The number of sulfonamides is 1. The molecule has 0 bridgehead atoms. The number of carbonyl (C=O) groups excluding carboxylic acids is 1. The van der Waals surface area contributed by atoms with Crippen LogP contribution < -0.4 is 5.32 Å². The summed E-state index contributed by atoms with van der Waals surface area (Å²) in [6, 6.07) is 6.44. The van der Waals surface area contributed by atoms with Crippen LogP contribution in [-0.4, -0.2) is 31.2 Å². The molecule has 1 amide bonds. The van der Waals surface area contributed by atoms with Crippen LogP contribution in [0.1, 0.15) is 26.7 Å². The predicted molar refractivity (Wildman–Crippen MR) is 73.3 cm³/mol. The van der Waals surface area contributed by atoms with Gasteiger partial charge in [-0.05, 0) is 37.1 Å². The smallest absolute Gasteiger partial charge is 0.243 e. The first-order valence-electron chi connectivity index (χ1n) is 6.34. The fourth-order valence-corrected chi connectivity index (χ4v) is 3.73. The Morgan fingerprint density at radius 1 is 1.32 bits per heavy atom. The molecule has 0 aromatic heterocycles. The largest absolute Gasteiger partial charge is 0.326 e. The van der Waals surface area contributed by atoms with E-state index in [1.54, 1.807) is 16.4 Å². The van der Waals surface area contributed by atoms with Crippen LogP contribution in [0.25, 0.3) is 0 Å². The van der Waals surface area contributed by atoms with Crippen LogP contribution in [0.5, 0.6) is 0 Å². The van der Waals surface area contributed by atoms with Crippen LogP contribution in [0.15, 0.2) is 29.2 Å². The monoisotopic (exact) mass is 282 g/mol. The molecule has 1 aliphatic rings. The van der Waals surface area contributed by atoms with E-state index in [1.807, 2.05) is 6.92 Å². The van der Waals surface area contributed by atoms with Crippen LogP contribution in [0, 0.1) is 0 Å². The van der Waals surface area contributed by atoms with Gasteiger partial charge in [-0.3, -0.25) is 4.79 Å². The van der Waals surface area contributed by atoms with Gasteiger partial charge in [-0.1, -0.05) is 6.92 Å². The van der Waals surface area contributed by atoms with Crippen LogP contribution >= 0.6 is 0 Å². The number of hydrogen-bond acceptors (Lipinski definition) is 3. The minimum absolute atomic E-state index is 0.157. The number of nitrogens with one attached hydrogen (secondary N) is 1. The maximum Gasteiger partial charge on any atom is 0.243 e. The number of rotatable bonds is 5. The Labute approximate surface area is 113 Å². The Bertz CT molecular complexity index is 562. The highest BCUT2D eigenvalue weighted by molar-refractivity contribution is 7.89. The number of anilines is 1. The van der Waals surface area contributed by atoms with Crippen molar-refractivity contribution < 1.29 is 13.2 Å². The van der Waals surface area contributed by atoms with Gasteiger partial charge in [0.1, 0.15) is 0 Å². The number of nitrogens with zero attached hydrogens (tertiary/aromatic N) is 1. The molecule has 0 unspecified atom stereocenters. The van der Waals surface area contributed by atoms with Crippen molar-refractivity contribution in [2.75, 3.05) is 11.9 Å². The summed E-state index contributed by atoms with van der Waals surface area (Å²) in [6.45, 7) is 3.75. The summed E-state index contributed by atoms with van der Waals surface area (Å²) >= 11 is 0. The van der Waals surface area contributed by atoms with Crippen LogP contribution in [-0.2, 0) is 14.8 Å². The standard InChI is InChI=1S/C13H18N2O3S/c1-3-15(12-6-7-12)19(17,18)13-8-4-11(5-9-13)14-10(2)16/h4-5,8-9,12H,3,6-7H2,1-2H3,(H,14,16). The van der Waals surface area contributed by atoms with Crippen molar-refractivity contribution >= 4 is 21.6 Å². The molecule has 0 heterocycles. The number of amides is 1. The zero-order chi connectivity index (χ0) is 14.0. The lowest BCUT2D eigenvalue weighted by atomic mass is 10.3. The first kappa shape index (κ1) is 14.0. The first-order chi connectivity index (χ1) is 8.95. The van der Waals surface area contributed by atoms with Gasteiger partial charge in [-0.15, -0.1) is 0 Å². The third-order valence-electron chi connectivity index (χ3n) is 3.05. The third-order valence-corrected chi connectivity index (χ3v) is 5.09. The normalized spacial score (nSPS) is 15.5.